The van der Waals surface area contributed by atoms with Crippen LogP contribution in [0.3, 0.4) is 0 Å². The Bertz CT molecular complexity index is 554. The highest BCUT2D eigenvalue weighted by atomic mass is 19.1. The fraction of sp³-hybridized carbons (Fsp3) is 0.632. The van der Waals surface area contributed by atoms with Gasteiger partial charge < -0.3 is 15.5 Å². The van der Waals surface area contributed by atoms with E-state index in [-0.39, 0.29) is 12.1 Å². The van der Waals surface area contributed by atoms with Crippen molar-refractivity contribution in [1.29, 1.82) is 0 Å². The van der Waals surface area contributed by atoms with Crippen LogP contribution in [0.2, 0.25) is 0 Å². The van der Waals surface area contributed by atoms with Crippen LogP contribution in [0, 0.1) is 17.6 Å². The Hall–Kier alpha value is -1.69. The van der Waals surface area contributed by atoms with Crippen LogP contribution in [-0.4, -0.2) is 43.6 Å². The molecule has 1 aromatic rings. The number of hydrogen-bond acceptors (Lipinski definition) is 2. The maximum absolute atomic E-state index is 13.7. The molecule has 0 spiro atoms. The van der Waals surface area contributed by atoms with Gasteiger partial charge >= 0.3 is 0 Å². The summed E-state index contributed by atoms with van der Waals surface area (Å²) in [5.74, 6) is 0.530. The van der Waals surface area contributed by atoms with Crippen LogP contribution >= 0.6 is 0 Å². The maximum atomic E-state index is 13.7. The van der Waals surface area contributed by atoms with E-state index in [1.54, 1.807) is 0 Å². The predicted octanol–water partition coefficient (Wildman–Crippen LogP) is 3.14. The first-order valence-electron chi connectivity index (χ1n) is 9.30. The van der Waals surface area contributed by atoms with Gasteiger partial charge in [-0.05, 0) is 69.9 Å². The zero-order chi connectivity index (χ0) is 18.1. The van der Waals surface area contributed by atoms with Crippen LogP contribution in [-0.2, 0) is 6.54 Å². The molecule has 0 aliphatic carbocycles. The van der Waals surface area contributed by atoms with Gasteiger partial charge in [0.05, 0.1) is 6.54 Å². The van der Waals surface area contributed by atoms with Gasteiger partial charge in [-0.25, -0.2) is 13.8 Å². The van der Waals surface area contributed by atoms with E-state index in [4.69, 9.17) is 0 Å². The van der Waals surface area contributed by atoms with Crippen molar-refractivity contribution in [3.05, 3.63) is 35.4 Å². The molecule has 0 radical (unpaired) electrons. The van der Waals surface area contributed by atoms with E-state index in [2.05, 4.69) is 27.4 Å². The van der Waals surface area contributed by atoms with Crippen molar-refractivity contribution in [2.75, 3.05) is 32.7 Å². The van der Waals surface area contributed by atoms with E-state index in [0.29, 0.717) is 5.96 Å². The molecule has 1 aliphatic heterocycles. The number of rotatable bonds is 7. The molecule has 6 heteroatoms. The van der Waals surface area contributed by atoms with Gasteiger partial charge in [-0.3, -0.25) is 0 Å². The molecule has 1 fully saturated rings. The number of piperidine rings is 1. The highest BCUT2D eigenvalue weighted by Crippen LogP contribution is 2.19. The highest BCUT2D eigenvalue weighted by molar-refractivity contribution is 5.79. The van der Waals surface area contributed by atoms with E-state index < -0.39 is 11.6 Å². The maximum Gasteiger partial charge on any atom is 0.191 e. The minimum Gasteiger partial charge on any atom is -0.357 e. The molecular formula is C19H30F2N4. The quantitative estimate of drug-likeness (QED) is 0.585. The molecular weight excluding hydrogens is 322 g/mol. The lowest BCUT2D eigenvalue weighted by atomic mass is 9.93. The first-order valence-corrected chi connectivity index (χ1v) is 9.30. The first kappa shape index (κ1) is 19.6. The Kier molecular flexibility index (Phi) is 8.12. The van der Waals surface area contributed by atoms with Gasteiger partial charge in [-0.15, -0.1) is 0 Å². The number of benzene rings is 1. The lowest BCUT2D eigenvalue weighted by Gasteiger charge is -2.31. The topological polar surface area (TPSA) is 39.7 Å². The Labute approximate surface area is 149 Å². The third kappa shape index (κ3) is 6.61. The van der Waals surface area contributed by atoms with Crippen LogP contribution in [0.1, 0.15) is 38.7 Å². The van der Waals surface area contributed by atoms with E-state index in [1.165, 1.54) is 32.0 Å². The van der Waals surface area contributed by atoms with Gasteiger partial charge in [0.1, 0.15) is 11.6 Å². The molecule has 4 nitrogen and oxygen atoms in total. The second kappa shape index (κ2) is 10.3. The second-order valence-electron chi connectivity index (χ2n) is 6.52. The van der Waals surface area contributed by atoms with Gasteiger partial charge in [0, 0.05) is 18.7 Å². The van der Waals surface area contributed by atoms with E-state index in [9.17, 15) is 8.78 Å². The Morgan fingerprint density at radius 1 is 1.20 bits per heavy atom. The number of nitrogens with zero attached hydrogens (tertiary/aromatic N) is 2. The summed E-state index contributed by atoms with van der Waals surface area (Å²) in [4.78, 5) is 6.86. The number of likely N-dealkylation sites (tertiary alicyclic amines) is 1. The molecule has 0 atom stereocenters. The third-order valence-corrected chi connectivity index (χ3v) is 4.76. The SMILES string of the molecule is CCNC(=NCc1cc(F)ccc1F)NCCC1CCN(CC)CC1. The molecule has 1 heterocycles. The van der Waals surface area contributed by atoms with Crippen LogP contribution in [0.15, 0.2) is 23.2 Å². The summed E-state index contributed by atoms with van der Waals surface area (Å²) in [5.41, 5.74) is 0.268. The van der Waals surface area contributed by atoms with Gasteiger partial charge in [-0.1, -0.05) is 6.92 Å². The molecule has 140 valence electrons. The summed E-state index contributed by atoms with van der Waals surface area (Å²) in [6.07, 6.45) is 3.60. The molecule has 0 unspecified atom stereocenters. The van der Waals surface area contributed by atoms with Crippen LogP contribution < -0.4 is 10.6 Å². The molecule has 1 saturated heterocycles. The molecule has 0 saturated carbocycles. The average Bonchev–Trinajstić information content (AvgIpc) is 2.63. The van der Waals surface area contributed by atoms with Gasteiger partial charge in [-0.2, -0.15) is 0 Å². The summed E-state index contributed by atoms with van der Waals surface area (Å²) in [6.45, 7) is 9.40. The molecule has 0 amide bonds. The summed E-state index contributed by atoms with van der Waals surface area (Å²) in [7, 11) is 0. The molecule has 2 N–H and O–H groups in total. The predicted molar refractivity (Wildman–Crippen MR) is 98.6 cm³/mol. The molecule has 1 aliphatic rings. The molecule has 1 aromatic carbocycles. The van der Waals surface area contributed by atoms with Gasteiger partial charge in [0.25, 0.3) is 0 Å². The smallest absolute Gasteiger partial charge is 0.191 e. The largest absolute Gasteiger partial charge is 0.357 e. The number of hydrogen-bond donors (Lipinski definition) is 2. The van der Waals surface area contributed by atoms with Crippen molar-refractivity contribution in [3.63, 3.8) is 0 Å². The molecule has 25 heavy (non-hydrogen) atoms. The van der Waals surface area contributed by atoms with Gasteiger partial charge in [0.15, 0.2) is 5.96 Å². The second-order valence-corrected chi connectivity index (χ2v) is 6.52. The summed E-state index contributed by atoms with van der Waals surface area (Å²) < 4.78 is 26.9. The fourth-order valence-corrected chi connectivity index (χ4v) is 3.16. The normalized spacial score (nSPS) is 16.9. The third-order valence-electron chi connectivity index (χ3n) is 4.76. The lowest BCUT2D eigenvalue weighted by molar-refractivity contribution is 0.187. The zero-order valence-corrected chi connectivity index (χ0v) is 15.3. The number of guanidine groups is 1. The number of halogens is 2. The molecule has 0 aromatic heterocycles. The number of nitrogens with one attached hydrogen (secondary N) is 2. The van der Waals surface area contributed by atoms with Crippen molar-refractivity contribution < 1.29 is 8.78 Å². The van der Waals surface area contributed by atoms with Gasteiger partial charge in [0.2, 0.25) is 0 Å². The Morgan fingerprint density at radius 2 is 1.96 bits per heavy atom. The van der Waals surface area contributed by atoms with E-state index in [1.807, 2.05) is 6.92 Å². The van der Waals surface area contributed by atoms with Crippen molar-refractivity contribution in [3.8, 4) is 0 Å². The van der Waals surface area contributed by atoms with Crippen molar-refractivity contribution in [1.82, 2.24) is 15.5 Å². The molecule has 2 rings (SSSR count). The van der Waals surface area contributed by atoms with Crippen molar-refractivity contribution >= 4 is 5.96 Å². The highest BCUT2D eigenvalue weighted by Gasteiger charge is 2.17. The Morgan fingerprint density at radius 3 is 2.64 bits per heavy atom. The van der Waals surface area contributed by atoms with Crippen LogP contribution in [0.4, 0.5) is 8.78 Å². The Balaban J connectivity index is 1.80. The van der Waals surface area contributed by atoms with Crippen molar-refractivity contribution in [2.45, 2.75) is 39.7 Å². The zero-order valence-electron chi connectivity index (χ0n) is 15.3. The average molecular weight is 352 g/mol. The molecule has 0 bridgehead atoms. The summed E-state index contributed by atoms with van der Waals surface area (Å²) in [6, 6.07) is 3.46. The summed E-state index contributed by atoms with van der Waals surface area (Å²) >= 11 is 0. The minimum atomic E-state index is -0.442. The summed E-state index contributed by atoms with van der Waals surface area (Å²) in [5, 5.41) is 6.46. The standard InChI is InChI=1S/C19H30F2N4/c1-3-22-19(24-14-16-13-17(20)5-6-18(16)21)23-10-7-15-8-11-25(4-2)12-9-15/h5-6,13,15H,3-4,7-12,14H2,1-2H3,(H2,22,23,24). The number of aliphatic imine (C=N–C) groups is 1. The van der Waals surface area contributed by atoms with E-state index >= 15 is 0 Å². The van der Waals surface area contributed by atoms with E-state index in [0.717, 1.165) is 44.1 Å². The minimum absolute atomic E-state index is 0.119. The van der Waals surface area contributed by atoms with Crippen LogP contribution in [0.25, 0.3) is 0 Å². The van der Waals surface area contributed by atoms with Crippen molar-refractivity contribution in [2.24, 2.45) is 10.9 Å². The van der Waals surface area contributed by atoms with Crippen LogP contribution in [0.5, 0.6) is 0 Å². The monoisotopic (exact) mass is 352 g/mol. The lowest BCUT2D eigenvalue weighted by Crippen LogP contribution is -2.39. The fourth-order valence-electron chi connectivity index (χ4n) is 3.16. The first-order chi connectivity index (χ1) is 12.1.